The number of nitrogens with zero attached hydrogens (tertiary/aromatic N) is 1. The van der Waals surface area contributed by atoms with Gasteiger partial charge in [0, 0.05) is 38.8 Å². The summed E-state index contributed by atoms with van der Waals surface area (Å²) in [5, 5.41) is 3.43. The molecule has 2 rings (SSSR count). The van der Waals surface area contributed by atoms with Crippen molar-refractivity contribution in [1.29, 1.82) is 0 Å². The zero-order chi connectivity index (χ0) is 18.4. The number of hydrogen-bond donors (Lipinski definition) is 3. The van der Waals surface area contributed by atoms with E-state index in [1.807, 2.05) is 36.9 Å². The van der Waals surface area contributed by atoms with E-state index >= 15 is 0 Å². The molecule has 0 saturated carbocycles. The molecule has 27 heavy (non-hydrogen) atoms. The summed E-state index contributed by atoms with van der Waals surface area (Å²) in [6.07, 6.45) is 2.41. The lowest BCUT2D eigenvalue weighted by atomic mass is 9.89. The number of hydrogen-bond acceptors (Lipinski definition) is 5. The molecule has 0 radical (unpaired) electrons. The van der Waals surface area contributed by atoms with Crippen LogP contribution in [0.2, 0.25) is 0 Å². The minimum absolute atomic E-state index is 0. The van der Waals surface area contributed by atoms with E-state index < -0.39 is 5.66 Å². The van der Waals surface area contributed by atoms with Crippen LogP contribution in [0.1, 0.15) is 40.7 Å². The number of amides is 1. The molecule has 1 aromatic rings. The Morgan fingerprint density at radius 3 is 2.74 bits per heavy atom. The predicted molar refractivity (Wildman–Crippen MR) is 120 cm³/mol. The Kier molecular flexibility index (Phi) is 11.9. The van der Waals surface area contributed by atoms with Crippen molar-refractivity contribution in [2.24, 2.45) is 5.73 Å². The molecule has 1 aromatic carbocycles. The van der Waals surface area contributed by atoms with Gasteiger partial charge in [-0.2, -0.15) is 12.6 Å². The number of thiol groups is 1. The van der Waals surface area contributed by atoms with Crippen LogP contribution < -0.4 is 11.1 Å². The van der Waals surface area contributed by atoms with Gasteiger partial charge >= 0.3 is 0 Å². The highest BCUT2D eigenvalue weighted by molar-refractivity contribution is 7.80. The Balaban J connectivity index is 0.00000338. The molecule has 1 heterocycles. The van der Waals surface area contributed by atoms with Gasteiger partial charge in [-0.3, -0.25) is 10.1 Å². The van der Waals surface area contributed by atoms with Crippen molar-refractivity contribution in [3.63, 3.8) is 0 Å². The zero-order valence-corrected chi connectivity index (χ0v) is 18.9. The number of rotatable bonds is 7. The van der Waals surface area contributed by atoms with Crippen molar-refractivity contribution in [3.8, 4) is 0 Å². The third-order valence-corrected chi connectivity index (χ3v) is 5.55. The summed E-state index contributed by atoms with van der Waals surface area (Å²) in [7, 11) is 1.67. The second-order valence-electron chi connectivity index (χ2n) is 6.84. The number of carbonyl (C=O) groups is 1. The highest BCUT2D eigenvalue weighted by atomic mass is 35.5. The quantitative estimate of drug-likeness (QED) is 0.573. The number of nitrogens with two attached hydrogens (primary N) is 1. The lowest BCUT2D eigenvalue weighted by molar-refractivity contribution is 0.0239. The second kappa shape index (κ2) is 12.1. The fourth-order valence-electron chi connectivity index (χ4n) is 3.57. The van der Waals surface area contributed by atoms with Gasteiger partial charge in [-0.1, -0.05) is 12.1 Å². The summed E-state index contributed by atoms with van der Waals surface area (Å²) >= 11 is 4.34. The topological polar surface area (TPSA) is 67.6 Å². The minimum Gasteiger partial charge on any atom is -0.385 e. The Morgan fingerprint density at radius 2 is 2.11 bits per heavy atom. The maximum absolute atomic E-state index is 13.3. The first-order valence-electron chi connectivity index (χ1n) is 8.95. The highest BCUT2D eigenvalue weighted by Gasteiger charge is 2.43. The van der Waals surface area contributed by atoms with Gasteiger partial charge in [0.2, 0.25) is 0 Å². The molecule has 1 fully saturated rings. The first-order valence-corrected chi connectivity index (χ1v) is 9.58. The van der Waals surface area contributed by atoms with E-state index in [9.17, 15) is 4.79 Å². The van der Waals surface area contributed by atoms with Gasteiger partial charge in [-0.25, -0.2) is 0 Å². The standard InChI is InChI=1S/C19H31N3O2S.2ClH/c1-14-6-4-7-16(15(14)2)18(23)22-11-10-21-19(20,9-12-24-3)17(22)8-5-13-25;;/h4,6-7,17,21,25H,5,8-13,20H2,1-3H3;2*1H/t17?,19-;;/m0../s1. The van der Waals surface area contributed by atoms with Gasteiger partial charge < -0.3 is 15.4 Å². The van der Waals surface area contributed by atoms with E-state index in [1.165, 1.54) is 0 Å². The maximum atomic E-state index is 13.3. The molecule has 1 amide bonds. The normalized spacial score (nSPS) is 22.0. The van der Waals surface area contributed by atoms with Crippen molar-refractivity contribution < 1.29 is 9.53 Å². The summed E-state index contributed by atoms with van der Waals surface area (Å²) in [6, 6.07) is 5.82. The van der Waals surface area contributed by atoms with Gasteiger partial charge in [0.15, 0.2) is 0 Å². The molecule has 5 nitrogen and oxygen atoms in total. The van der Waals surface area contributed by atoms with Gasteiger partial charge in [0.1, 0.15) is 0 Å². The van der Waals surface area contributed by atoms with Crippen molar-refractivity contribution in [1.82, 2.24) is 10.2 Å². The molecule has 3 N–H and O–H groups in total. The zero-order valence-electron chi connectivity index (χ0n) is 16.4. The van der Waals surface area contributed by atoms with E-state index in [4.69, 9.17) is 10.5 Å². The van der Waals surface area contributed by atoms with Gasteiger partial charge in [0.25, 0.3) is 5.91 Å². The van der Waals surface area contributed by atoms with Crippen LogP contribution in [0.25, 0.3) is 0 Å². The number of piperazine rings is 1. The molecule has 1 saturated heterocycles. The molecule has 0 spiro atoms. The van der Waals surface area contributed by atoms with Gasteiger partial charge in [0.05, 0.1) is 11.7 Å². The summed E-state index contributed by atoms with van der Waals surface area (Å²) < 4.78 is 5.24. The van der Waals surface area contributed by atoms with Crippen molar-refractivity contribution in [2.75, 3.05) is 32.6 Å². The maximum Gasteiger partial charge on any atom is 0.254 e. The highest BCUT2D eigenvalue weighted by Crippen LogP contribution is 2.26. The third-order valence-electron chi connectivity index (χ3n) is 5.23. The number of benzene rings is 1. The molecule has 1 aliphatic heterocycles. The Bertz CT molecular complexity index is 606. The number of aryl methyl sites for hydroxylation is 1. The van der Waals surface area contributed by atoms with Crippen molar-refractivity contribution >= 4 is 43.4 Å². The van der Waals surface area contributed by atoms with Crippen molar-refractivity contribution in [3.05, 3.63) is 34.9 Å². The van der Waals surface area contributed by atoms with Gasteiger partial charge in [-0.05, 0) is 49.6 Å². The van der Waals surface area contributed by atoms with E-state index in [0.29, 0.717) is 26.1 Å². The van der Waals surface area contributed by atoms with Gasteiger partial charge in [-0.15, -0.1) is 24.8 Å². The molecule has 156 valence electrons. The van der Waals surface area contributed by atoms with Crippen LogP contribution in [0.5, 0.6) is 0 Å². The molecule has 2 atom stereocenters. The molecular weight excluding hydrogens is 405 g/mol. The van der Waals surface area contributed by atoms with Crippen LogP contribution in [-0.4, -0.2) is 55.1 Å². The van der Waals surface area contributed by atoms with E-state index in [-0.39, 0.29) is 36.8 Å². The molecule has 1 aliphatic rings. The Hall–Kier alpha value is -0.500. The first-order chi connectivity index (χ1) is 11.9. The molecule has 0 aliphatic carbocycles. The molecule has 0 bridgehead atoms. The van der Waals surface area contributed by atoms with E-state index in [1.54, 1.807) is 7.11 Å². The lowest BCUT2D eigenvalue weighted by Gasteiger charge is -2.49. The van der Waals surface area contributed by atoms with Crippen molar-refractivity contribution in [2.45, 2.75) is 44.8 Å². The van der Waals surface area contributed by atoms with Crippen LogP contribution >= 0.6 is 37.4 Å². The van der Waals surface area contributed by atoms with Crippen LogP contribution in [0.3, 0.4) is 0 Å². The smallest absolute Gasteiger partial charge is 0.254 e. The largest absolute Gasteiger partial charge is 0.385 e. The fraction of sp³-hybridized carbons (Fsp3) is 0.632. The molecular formula is C19H33Cl2N3O2S. The lowest BCUT2D eigenvalue weighted by Crippen LogP contribution is -2.72. The number of halogens is 2. The van der Waals surface area contributed by atoms with Crippen LogP contribution in [0.4, 0.5) is 0 Å². The molecule has 0 aromatic heterocycles. The summed E-state index contributed by atoms with van der Waals surface area (Å²) in [5.41, 5.74) is 9.00. The molecule has 8 heteroatoms. The SMILES string of the molecule is COCC[C@]1(N)NCCN(C(=O)c2cccc(C)c2C)C1CCCS.Cl.Cl. The number of ether oxygens (including phenoxy) is 1. The monoisotopic (exact) mass is 437 g/mol. The third kappa shape index (κ3) is 6.24. The van der Waals surface area contributed by atoms with Crippen LogP contribution in [-0.2, 0) is 4.74 Å². The first kappa shape index (κ1) is 26.5. The van der Waals surface area contributed by atoms with E-state index in [2.05, 4.69) is 17.9 Å². The summed E-state index contributed by atoms with van der Waals surface area (Å²) in [4.78, 5) is 15.3. The average Bonchev–Trinajstić information content (AvgIpc) is 2.60. The molecule has 1 unspecified atom stereocenters. The number of methoxy groups -OCH3 is 1. The Labute approximate surface area is 181 Å². The van der Waals surface area contributed by atoms with Crippen LogP contribution in [0.15, 0.2) is 18.2 Å². The van der Waals surface area contributed by atoms with E-state index in [0.717, 1.165) is 35.3 Å². The summed E-state index contributed by atoms with van der Waals surface area (Å²) in [5.74, 6) is 0.849. The fourth-order valence-corrected chi connectivity index (χ4v) is 3.75. The number of nitrogens with one attached hydrogen (secondary N) is 1. The predicted octanol–water partition coefficient (Wildman–Crippen LogP) is 2.96. The Morgan fingerprint density at radius 1 is 1.41 bits per heavy atom. The second-order valence-corrected chi connectivity index (χ2v) is 7.28. The average molecular weight is 438 g/mol. The van der Waals surface area contributed by atoms with Crippen LogP contribution in [0, 0.1) is 13.8 Å². The summed E-state index contributed by atoms with van der Waals surface area (Å²) in [6.45, 7) is 5.96. The minimum atomic E-state index is -0.634. The number of carbonyl (C=O) groups excluding carboxylic acids is 1.